The summed E-state index contributed by atoms with van der Waals surface area (Å²) in [6, 6.07) is 5.66. The Balaban J connectivity index is 1.97. The van der Waals surface area contributed by atoms with E-state index in [1.54, 1.807) is 0 Å². The van der Waals surface area contributed by atoms with Gasteiger partial charge >= 0.3 is 12.1 Å². The molecular weight excluding hydrogens is 535 g/mol. The number of rotatable bonds is 7. The quantitative estimate of drug-likeness (QED) is 0.322. The molecule has 3 aromatic rings. The predicted octanol–water partition coefficient (Wildman–Crippen LogP) is 5.18. The van der Waals surface area contributed by atoms with Crippen molar-refractivity contribution in [3.8, 4) is 17.0 Å². The third kappa shape index (κ3) is 5.53. The number of ether oxygens (including phenoxy) is 2. The number of halogens is 6. The van der Waals surface area contributed by atoms with Gasteiger partial charge in [0.25, 0.3) is 5.91 Å². The van der Waals surface area contributed by atoms with E-state index in [2.05, 4.69) is 20.9 Å². The summed E-state index contributed by atoms with van der Waals surface area (Å²) in [5.74, 6) is -5.57. The maximum absolute atomic E-state index is 14.6. The number of esters is 1. The smallest absolute Gasteiger partial charge is 0.416 e. The van der Waals surface area contributed by atoms with Crippen LogP contribution in [-0.2, 0) is 15.7 Å². The van der Waals surface area contributed by atoms with Crippen LogP contribution in [0.4, 0.5) is 22.0 Å². The molecule has 1 aromatic heterocycles. The molecule has 3 rings (SSSR count). The van der Waals surface area contributed by atoms with E-state index >= 15 is 0 Å². The van der Waals surface area contributed by atoms with Crippen molar-refractivity contribution in [2.75, 3.05) is 6.61 Å². The van der Waals surface area contributed by atoms with Crippen LogP contribution in [0, 0.1) is 11.6 Å². The van der Waals surface area contributed by atoms with Crippen molar-refractivity contribution in [3.63, 3.8) is 0 Å². The van der Waals surface area contributed by atoms with Gasteiger partial charge in [-0.25, -0.2) is 13.8 Å². The second kappa shape index (κ2) is 9.79. The summed E-state index contributed by atoms with van der Waals surface area (Å²) in [5.41, 5.74) is 3.41. The van der Waals surface area contributed by atoms with E-state index in [0.717, 1.165) is 43.3 Å². The van der Waals surface area contributed by atoms with Crippen molar-refractivity contribution < 1.29 is 45.4 Å². The Morgan fingerprint density at radius 1 is 1.15 bits per heavy atom. The zero-order valence-corrected chi connectivity index (χ0v) is 18.7. The van der Waals surface area contributed by atoms with Crippen LogP contribution in [0.3, 0.4) is 0 Å². The summed E-state index contributed by atoms with van der Waals surface area (Å²) in [6.45, 7) is 0.567. The maximum Gasteiger partial charge on any atom is 0.416 e. The fourth-order valence-corrected chi connectivity index (χ4v) is 3.29. The summed E-state index contributed by atoms with van der Waals surface area (Å²) in [7, 11) is 0. The minimum Gasteiger partial charge on any atom is -0.474 e. The second-order valence-electron chi connectivity index (χ2n) is 6.76. The highest BCUT2D eigenvalue weighted by Crippen LogP contribution is 2.35. The standard InChI is InChI=1S/C21H14BrF5N2O5/c1-9(30)32-8-14(33-13-7-6-12(23)15(16(13)24)19(28)31)20-29-17(18(22)34-20)10-2-4-11(5-3-10)21(25,26)27/h2-7,14H,8H2,1H3,(H2,28,31). The van der Waals surface area contributed by atoms with Crippen LogP contribution in [-0.4, -0.2) is 23.5 Å². The highest BCUT2D eigenvalue weighted by atomic mass is 79.9. The number of benzene rings is 2. The molecule has 180 valence electrons. The molecule has 0 saturated heterocycles. The number of oxazole rings is 1. The van der Waals surface area contributed by atoms with Gasteiger partial charge in [-0.3, -0.25) is 9.59 Å². The van der Waals surface area contributed by atoms with Gasteiger partial charge in [-0.05, 0) is 40.2 Å². The minimum atomic E-state index is -4.53. The molecule has 7 nitrogen and oxygen atoms in total. The molecule has 1 heterocycles. The third-order valence-electron chi connectivity index (χ3n) is 4.37. The molecule has 34 heavy (non-hydrogen) atoms. The molecule has 2 N–H and O–H groups in total. The average Bonchev–Trinajstić information content (AvgIpc) is 3.13. The van der Waals surface area contributed by atoms with Gasteiger partial charge in [0.2, 0.25) is 12.0 Å². The second-order valence-corrected chi connectivity index (χ2v) is 7.48. The van der Waals surface area contributed by atoms with Crippen molar-refractivity contribution in [1.82, 2.24) is 4.98 Å². The topological polar surface area (TPSA) is 105 Å². The Morgan fingerprint density at radius 3 is 2.35 bits per heavy atom. The van der Waals surface area contributed by atoms with Gasteiger partial charge in [0.05, 0.1) is 5.56 Å². The van der Waals surface area contributed by atoms with Crippen molar-refractivity contribution in [3.05, 3.63) is 69.7 Å². The number of hydrogen-bond acceptors (Lipinski definition) is 6. The van der Waals surface area contributed by atoms with Crippen molar-refractivity contribution in [2.24, 2.45) is 5.73 Å². The predicted molar refractivity (Wildman–Crippen MR) is 110 cm³/mol. The fourth-order valence-electron chi connectivity index (χ4n) is 2.80. The number of amides is 1. The van der Waals surface area contributed by atoms with Gasteiger partial charge in [-0.15, -0.1) is 0 Å². The summed E-state index contributed by atoms with van der Waals surface area (Å²) >= 11 is 3.10. The Kier molecular flexibility index (Phi) is 7.24. The summed E-state index contributed by atoms with van der Waals surface area (Å²) in [4.78, 5) is 26.8. The Hall–Kier alpha value is -3.48. The van der Waals surface area contributed by atoms with Gasteiger partial charge in [0.1, 0.15) is 23.7 Å². The van der Waals surface area contributed by atoms with Crippen LogP contribution in [0.1, 0.15) is 34.8 Å². The molecule has 2 aromatic carbocycles. The molecule has 0 fully saturated rings. The first kappa shape index (κ1) is 25.1. The Bertz CT molecular complexity index is 1230. The highest BCUT2D eigenvalue weighted by Gasteiger charge is 2.31. The molecule has 0 radical (unpaired) electrons. The molecule has 0 spiro atoms. The molecule has 0 aliphatic rings. The van der Waals surface area contributed by atoms with Gasteiger partial charge in [-0.1, -0.05) is 12.1 Å². The number of aromatic nitrogens is 1. The van der Waals surface area contributed by atoms with Gasteiger partial charge in [0, 0.05) is 12.5 Å². The van der Waals surface area contributed by atoms with E-state index in [-0.39, 0.29) is 21.8 Å². The number of nitrogens with zero attached hydrogens (tertiary/aromatic N) is 1. The summed E-state index contributed by atoms with van der Waals surface area (Å²) < 4.78 is 82.6. The van der Waals surface area contributed by atoms with Crippen LogP contribution in [0.25, 0.3) is 11.3 Å². The zero-order chi connectivity index (χ0) is 25.2. The lowest BCUT2D eigenvalue weighted by molar-refractivity contribution is -0.144. The maximum atomic E-state index is 14.6. The van der Waals surface area contributed by atoms with Crippen LogP contribution >= 0.6 is 15.9 Å². The average molecular weight is 549 g/mol. The van der Waals surface area contributed by atoms with E-state index in [9.17, 15) is 31.5 Å². The molecule has 1 atom stereocenters. The number of primary amides is 1. The van der Waals surface area contributed by atoms with Crippen LogP contribution in [0.15, 0.2) is 45.5 Å². The van der Waals surface area contributed by atoms with Crippen LogP contribution < -0.4 is 10.5 Å². The van der Waals surface area contributed by atoms with Gasteiger partial charge in [0.15, 0.2) is 16.2 Å². The van der Waals surface area contributed by atoms with Crippen LogP contribution in [0.2, 0.25) is 0 Å². The number of alkyl halides is 3. The number of carbonyl (C=O) groups is 2. The van der Waals surface area contributed by atoms with E-state index in [4.69, 9.17) is 19.6 Å². The van der Waals surface area contributed by atoms with Crippen molar-refractivity contribution in [2.45, 2.75) is 19.2 Å². The SMILES string of the molecule is CC(=O)OCC(Oc1ccc(F)c(C(N)=O)c1F)c1nc(-c2ccc(C(F)(F)F)cc2)c(Br)o1. The Morgan fingerprint density at radius 2 is 1.79 bits per heavy atom. The molecule has 0 bridgehead atoms. The summed E-state index contributed by atoms with van der Waals surface area (Å²) in [6.07, 6.45) is -5.92. The third-order valence-corrected chi connectivity index (χ3v) is 4.91. The number of carbonyl (C=O) groups excluding carboxylic acids is 2. The first-order chi connectivity index (χ1) is 15.9. The van der Waals surface area contributed by atoms with Crippen molar-refractivity contribution in [1.29, 1.82) is 0 Å². The fraction of sp³-hybridized carbons (Fsp3) is 0.190. The molecule has 0 aliphatic heterocycles. The largest absolute Gasteiger partial charge is 0.474 e. The summed E-state index contributed by atoms with van der Waals surface area (Å²) in [5, 5.41) is 0. The van der Waals surface area contributed by atoms with E-state index < -0.39 is 59.3 Å². The Labute approximate surface area is 196 Å². The minimum absolute atomic E-state index is 0.00362. The molecular formula is C21H14BrF5N2O5. The lowest BCUT2D eigenvalue weighted by Crippen LogP contribution is -2.20. The van der Waals surface area contributed by atoms with E-state index in [1.807, 2.05) is 0 Å². The van der Waals surface area contributed by atoms with Gasteiger partial charge in [-0.2, -0.15) is 13.2 Å². The molecule has 0 saturated carbocycles. The number of nitrogens with two attached hydrogens (primary N) is 1. The lowest BCUT2D eigenvalue weighted by Gasteiger charge is -2.17. The first-order valence-corrected chi connectivity index (χ1v) is 10.1. The monoisotopic (exact) mass is 548 g/mol. The van der Waals surface area contributed by atoms with E-state index in [1.165, 1.54) is 0 Å². The molecule has 1 amide bonds. The van der Waals surface area contributed by atoms with Crippen LogP contribution in [0.5, 0.6) is 5.75 Å². The highest BCUT2D eigenvalue weighted by molar-refractivity contribution is 9.10. The molecule has 0 aliphatic carbocycles. The van der Waals surface area contributed by atoms with E-state index in [0.29, 0.717) is 0 Å². The lowest BCUT2D eigenvalue weighted by atomic mass is 10.1. The van der Waals surface area contributed by atoms with Gasteiger partial charge < -0.3 is 19.6 Å². The van der Waals surface area contributed by atoms with Crippen molar-refractivity contribution >= 4 is 27.8 Å². The molecule has 13 heteroatoms. The first-order valence-electron chi connectivity index (χ1n) is 9.30. The zero-order valence-electron chi connectivity index (χ0n) is 17.1. The number of hydrogen-bond donors (Lipinski definition) is 1. The molecule has 1 unspecified atom stereocenters. The normalized spacial score (nSPS) is 12.3.